The number of benzene rings is 1. The van der Waals surface area contributed by atoms with E-state index in [9.17, 15) is 14.3 Å². The quantitative estimate of drug-likeness (QED) is 0.899. The number of amides is 1. The van der Waals surface area contributed by atoms with Crippen LogP contribution in [0.15, 0.2) is 18.2 Å². The highest BCUT2D eigenvalue weighted by Crippen LogP contribution is 2.35. The third-order valence-electron chi connectivity index (χ3n) is 4.97. The second-order valence-corrected chi connectivity index (χ2v) is 6.74. The Bertz CT molecular complexity index is 567. The van der Waals surface area contributed by atoms with Gasteiger partial charge in [-0.25, -0.2) is 4.39 Å². The summed E-state index contributed by atoms with van der Waals surface area (Å²) in [5.74, 6) is -0.595. The van der Waals surface area contributed by atoms with Gasteiger partial charge in [0.1, 0.15) is 5.82 Å². The Hall–Kier alpha value is -1.17. The molecule has 4 nitrogen and oxygen atoms in total. The van der Waals surface area contributed by atoms with Crippen LogP contribution in [0.25, 0.3) is 0 Å². The zero-order valence-corrected chi connectivity index (χ0v) is 13.7. The fraction of sp³-hybridized carbons (Fsp3) is 0.588. The Morgan fingerprint density at radius 1 is 1.43 bits per heavy atom. The standard InChI is InChI=1S/C17H21ClFNO3/c18-13-3-1-4-14(19)12(13)11-16(22)20-8-6-17(7-9-20)15(21)5-2-10-23-17/h1,3-4,15,21H,2,5-11H2/t15-/m1/s1. The van der Waals surface area contributed by atoms with E-state index in [0.29, 0.717) is 32.5 Å². The molecular formula is C17H21ClFNO3. The van der Waals surface area contributed by atoms with Crippen LogP contribution < -0.4 is 0 Å². The van der Waals surface area contributed by atoms with Gasteiger partial charge in [-0.2, -0.15) is 0 Å². The minimum absolute atomic E-state index is 0.0398. The third kappa shape index (κ3) is 3.37. The van der Waals surface area contributed by atoms with Crippen molar-refractivity contribution in [2.75, 3.05) is 19.7 Å². The molecule has 2 aliphatic heterocycles. The lowest BCUT2D eigenvalue weighted by molar-refractivity contribution is -0.179. The van der Waals surface area contributed by atoms with E-state index in [0.717, 1.165) is 12.8 Å². The third-order valence-corrected chi connectivity index (χ3v) is 5.33. The molecule has 0 aliphatic carbocycles. The molecular weight excluding hydrogens is 321 g/mol. The molecule has 2 aliphatic rings. The number of carbonyl (C=O) groups is 1. The SMILES string of the molecule is O=C(Cc1c(F)cccc1Cl)N1CCC2(CC1)OCCC[C@H]2O. The Kier molecular flexibility index (Phi) is 4.90. The summed E-state index contributed by atoms with van der Waals surface area (Å²) in [6, 6.07) is 4.43. The van der Waals surface area contributed by atoms with E-state index >= 15 is 0 Å². The largest absolute Gasteiger partial charge is 0.390 e. The van der Waals surface area contributed by atoms with Crippen molar-refractivity contribution < 1.29 is 19.0 Å². The number of hydrogen-bond acceptors (Lipinski definition) is 3. The summed E-state index contributed by atoms with van der Waals surface area (Å²) in [6.45, 7) is 1.69. The number of halogens is 2. The minimum atomic E-state index is -0.509. The zero-order chi connectivity index (χ0) is 16.4. The molecule has 0 unspecified atom stereocenters. The second kappa shape index (κ2) is 6.75. The highest BCUT2D eigenvalue weighted by Gasteiger charge is 2.44. The van der Waals surface area contributed by atoms with Gasteiger partial charge in [-0.15, -0.1) is 0 Å². The van der Waals surface area contributed by atoms with E-state index in [1.165, 1.54) is 12.1 Å². The van der Waals surface area contributed by atoms with Crippen LogP contribution in [-0.2, 0) is 16.0 Å². The Labute approximate surface area is 140 Å². The Balaban J connectivity index is 1.62. The highest BCUT2D eigenvalue weighted by molar-refractivity contribution is 6.31. The van der Waals surface area contributed by atoms with Crippen LogP contribution in [-0.4, -0.2) is 47.3 Å². The first-order valence-electron chi connectivity index (χ1n) is 8.04. The van der Waals surface area contributed by atoms with Crippen molar-refractivity contribution in [1.29, 1.82) is 0 Å². The number of nitrogens with zero attached hydrogens (tertiary/aromatic N) is 1. The molecule has 6 heteroatoms. The predicted molar refractivity (Wildman–Crippen MR) is 84.9 cm³/mol. The lowest BCUT2D eigenvalue weighted by atomic mass is 9.82. The number of hydrogen-bond donors (Lipinski definition) is 1. The van der Waals surface area contributed by atoms with Gasteiger partial charge in [-0.1, -0.05) is 17.7 Å². The first-order chi connectivity index (χ1) is 11.0. The lowest BCUT2D eigenvalue weighted by Crippen LogP contribution is -2.56. The van der Waals surface area contributed by atoms with Gasteiger partial charge in [0.2, 0.25) is 5.91 Å². The molecule has 0 saturated carbocycles. The van der Waals surface area contributed by atoms with Gasteiger partial charge in [-0.05, 0) is 37.8 Å². The molecule has 1 N–H and O–H groups in total. The maximum atomic E-state index is 13.8. The van der Waals surface area contributed by atoms with E-state index < -0.39 is 17.5 Å². The minimum Gasteiger partial charge on any atom is -0.390 e. The van der Waals surface area contributed by atoms with Crippen LogP contribution >= 0.6 is 11.6 Å². The summed E-state index contributed by atoms with van der Waals surface area (Å²) in [4.78, 5) is 14.1. The predicted octanol–water partition coefficient (Wildman–Crippen LogP) is 2.55. The number of aliphatic hydroxyl groups excluding tert-OH is 1. The monoisotopic (exact) mass is 341 g/mol. The maximum absolute atomic E-state index is 13.8. The summed E-state index contributed by atoms with van der Waals surface area (Å²) >= 11 is 5.98. The van der Waals surface area contributed by atoms with Gasteiger partial charge in [0.15, 0.2) is 0 Å². The van der Waals surface area contributed by atoms with Crippen molar-refractivity contribution in [3.63, 3.8) is 0 Å². The molecule has 1 amide bonds. The van der Waals surface area contributed by atoms with Crippen LogP contribution in [0.1, 0.15) is 31.2 Å². The molecule has 1 aromatic carbocycles. The van der Waals surface area contributed by atoms with E-state index in [1.807, 2.05) is 0 Å². The topological polar surface area (TPSA) is 49.8 Å². The molecule has 0 bridgehead atoms. The van der Waals surface area contributed by atoms with Crippen molar-refractivity contribution in [3.05, 3.63) is 34.6 Å². The van der Waals surface area contributed by atoms with Gasteiger partial charge >= 0.3 is 0 Å². The average Bonchev–Trinajstić information content (AvgIpc) is 2.54. The van der Waals surface area contributed by atoms with Crippen LogP contribution in [0.5, 0.6) is 0 Å². The van der Waals surface area contributed by atoms with Gasteiger partial charge in [0.05, 0.1) is 18.1 Å². The summed E-state index contributed by atoms with van der Waals surface area (Å²) in [7, 11) is 0. The maximum Gasteiger partial charge on any atom is 0.227 e. The second-order valence-electron chi connectivity index (χ2n) is 6.33. The normalized spacial score (nSPS) is 24.0. The highest BCUT2D eigenvalue weighted by atomic mass is 35.5. The van der Waals surface area contributed by atoms with Crippen molar-refractivity contribution in [2.24, 2.45) is 0 Å². The Morgan fingerprint density at radius 3 is 2.83 bits per heavy atom. The van der Waals surface area contributed by atoms with Crippen molar-refractivity contribution in [2.45, 2.75) is 43.8 Å². The molecule has 1 spiro atoms. The summed E-state index contributed by atoms with van der Waals surface area (Å²) in [6.07, 6.45) is 2.35. The fourth-order valence-electron chi connectivity index (χ4n) is 3.49. The molecule has 2 fully saturated rings. The number of likely N-dealkylation sites (tertiary alicyclic amines) is 1. The molecule has 23 heavy (non-hydrogen) atoms. The molecule has 0 aromatic heterocycles. The van der Waals surface area contributed by atoms with Crippen LogP contribution in [0.4, 0.5) is 4.39 Å². The van der Waals surface area contributed by atoms with Gasteiger partial charge in [0, 0.05) is 30.3 Å². The summed E-state index contributed by atoms with van der Waals surface area (Å²) in [5.41, 5.74) is -0.265. The van der Waals surface area contributed by atoms with Crippen molar-refractivity contribution >= 4 is 17.5 Å². The van der Waals surface area contributed by atoms with E-state index in [-0.39, 0.29) is 22.9 Å². The zero-order valence-electron chi connectivity index (χ0n) is 12.9. The molecule has 0 radical (unpaired) electrons. The van der Waals surface area contributed by atoms with E-state index in [2.05, 4.69) is 0 Å². The van der Waals surface area contributed by atoms with Crippen molar-refractivity contribution in [3.8, 4) is 0 Å². The summed E-state index contributed by atoms with van der Waals surface area (Å²) in [5, 5.41) is 10.5. The van der Waals surface area contributed by atoms with E-state index in [4.69, 9.17) is 16.3 Å². The number of piperidine rings is 1. The molecule has 2 saturated heterocycles. The first kappa shape index (κ1) is 16.7. The lowest BCUT2D eigenvalue weighted by Gasteiger charge is -2.46. The van der Waals surface area contributed by atoms with Crippen LogP contribution in [0.3, 0.4) is 0 Å². The number of carbonyl (C=O) groups excluding carboxylic acids is 1. The van der Waals surface area contributed by atoms with Crippen LogP contribution in [0, 0.1) is 5.82 Å². The number of ether oxygens (including phenoxy) is 1. The van der Waals surface area contributed by atoms with E-state index in [1.54, 1.807) is 11.0 Å². The average molecular weight is 342 g/mol. The van der Waals surface area contributed by atoms with Gasteiger partial charge in [-0.3, -0.25) is 4.79 Å². The van der Waals surface area contributed by atoms with Gasteiger partial charge < -0.3 is 14.7 Å². The number of rotatable bonds is 2. The number of aliphatic hydroxyl groups is 1. The Morgan fingerprint density at radius 2 is 2.17 bits per heavy atom. The first-order valence-corrected chi connectivity index (χ1v) is 8.42. The molecule has 2 heterocycles. The summed E-state index contributed by atoms with van der Waals surface area (Å²) < 4.78 is 19.6. The molecule has 126 valence electrons. The molecule has 1 atom stereocenters. The van der Waals surface area contributed by atoms with Gasteiger partial charge in [0.25, 0.3) is 0 Å². The fourth-order valence-corrected chi connectivity index (χ4v) is 3.72. The van der Waals surface area contributed by atoms with Crippen molar-refractivity contribution in [1.82, 2.24) is 4.90 Å². The smallest absolute Gasteiger partial charge is 0.227 e. The van der Waals surface area contributed by atoms with Crippen LogP contribution in [0.2, 0.25) is 5.02 Å². The molecule has 3 rings (SSSR count). The molecule has 1 aromatic rings.